The number of nitrogens with one attached hydrogen (secondary N) is 1. The second-order valence-electron chi connectivity index (χ2n) is 11.0. The second-order valence-corrected chi connectivity index (χ2v) is 11.5. The SMILES string of the molecule is CCC[C@@](C(=O)Oc1c(C(C)C)cccc1C(C)C)(C(NC(=O)OC(C)(C)C)c1ccc(Cl)cc1)[N+](=O)[O-]. The van der Waals surface area contributed by atoms with Gasteiger partial charge in [-0.2, -0.15) is 0 Å². The molecule has 0 aliphatic rings. The predicted octanol–water partition coefficient (Wildman–Crippen LogP) is 7.57. The van der Waals surface area contributed by atoms with Crippen molar-refractivity contribution in [3.8, 4) is 5.75 Å². The number of para-hydroxylation sites is 1. The minimum absolute atomic E-state index is 0.000341. The van der Waals surface area contributed by atoms with E-state index in [1.54, 1.807) is 52.0 Å². The highest BCUT2D eigenvalue weighted by atomic mass is 35.5. The standard InChI is InChI=1S/C29H39ClN2O6/c1-9-17-29(32(35)36,26(33)37-24-22(18(2)3)11-10-12-23(24)19(4)5)25(20-13-15-21(30)16-14-20)31-27(34)38-28(6,7)8/h10-16,18-19,25H,9,17H2,1-8H3,(H,31,34)/t25?,29-/m0/s1. The van der Waals surface area contributed by atoms with Crippen LogP contribution < -0.4 is 10.1 Å². The van der Waals surface area contributed by atoms with Gasteiger partial charge >= 0.3 is 17.6 Å². The van der Waals surface area contributed by atoms with Crippen molar-refractivity contribution < 1.29 is 24.0 Å². The van der Waals surface area contributed by atoms with E-state index in [1.165, 1.54) is 0 Å². The van der Waals surface area contributed by atoms with Gasteiger partial charge < -0.3 is 14.8 Å². The van der Waals surface area contributed by atoms with E-state index in [9.17, 15) is 19.7 Å². The molecule has 0 aliphatic heterocycles. The van der Waals surface area contributed by atoms with Gasteiger partial charge in [-0.15, -0.1) is 0 Å². The first-order chi connectivity index (χ1) is 17.6. The maximum atomic E-state index is 14.1. The largest absolute Gasteiger partial charge is 0.444 e. The zero-order valence-electron chi connectivity index (χ0n) is 23.5. The van der Waals surface area contributed by atoms with Crippen LogP contribution in [0, 0.1) is 10.1 Å². The average Bonchev–Trinajstić information content (AvgIpc) is 2.80. The van der Waals surface area contributed by atoms with Gasteiger partial charge in [0.15, 0.2) is 0 Å². The highest BCUT2D eigenvalue weighted by Crippen LogP contribution is 2.39. The number of ether oxygens (including phenoxy) is 2. The van der Waals surface area contributed by atoms with Crippen LogP contribution in [-0.2, 0) is 9.53 Å². The van der Waals surface area contributed by atoms with Gasteiger partial charge in [0.05, 0.1) is 0 Å². The molecule has 1 N–H and O–H groups in total. The van der Waals surface area contributed by atoms with Crippen LogP contribution in [0.2, 0.25) is 5.02 Å². The number of amides is 1. The van der Waals surface area contributed by atoms with Gasteiger partial charge in [0, 0.05) is 16.4 Å². The van der Waals surface area contributed by atoms with E-state index in [0.717, 1.165) is 11.1 Å². The van der Waals surface area contributed by atoms with Gasteiger partial charge in [-0.1, -0.05) is 76.6 Å². The molecule has 0 radical (unpaired) electrons. The fraction of sp³-hybridized carbons (Fsp3) is 0.517. The number of hydrogen-bond acceptors (Lipinski definition) is 6. The molecule has 9 heteroatoms. The number of nitrogens with zero attached hydrogens (tertiary/aromatic N) is 1. The third-order valence-electron chi connectivity index (χ3n) is 6.17. The Morgan fingerprint density at radius 1 is 1.00 bits per heavy atom. The van der Waals surface area contributed by atoms with Crippen molar-refractivity contribution in [2.45, 2.75) is 97.2 Å². The molecule has 38 heavy (non-hydrogen) atoms. The molecule has 2 aromatic rings. The number of benzene rings is 2. The summed E-state index contributed by atoms with van der Waals surface area (Å²) in [6.45, 7) is 14.6. The molecule has 2 rings (SSSR count). The minimum Gasteiger partial charge on any atom is -0.444 e. The zero-order chi connectivity index (χ0) is 28.8. The first kappa shape index (κ1) is 31.1. The maximum Gasteiger partial charge on any atom is 0.408 e. The average molecular weight is 547 g/mol. The molecule has 208 valence electrons. The Labute approximate surface area is 230 Å². The lowest BCUT2D eigenvalue weighted by Gasteiger charge is -2.33. The first-order valence-electron chi connectivity index (χ1n) is 12.9. The summed E-state index contributed by atoms with van der Waals surface area (Å²) in [4.78, 5) is 39.3. The van der Waals surface area contributed by atoms with E-state index < -0.39 is 34.2 Å². The summed E-state index contributed by atoms with van der Waals surface area (Å²) in [7, 11) is 0. The number of esters is 1. The molecule has 8 nitrogen and oxygen atoms in total. The third kappa shape index (κ3) is 7.25. The van der Waals surface area contributed by atoms with E-state index in [0.29, 0.717) is 16.3 Å². The van der Waals surface area contributed by atoms with Gasteiger partial charge in [0.2, 0.25) is 0 Å². The Morgan fingerprint density at radius 3 is 1.95 bits per heavy atom. The molecule has 0 heterocycles. The number of carbonyl (C=O) groups is 2. The smallest absolute Gasteiger partial charge is 0.408 e. The maximum absolute atomic E-state index is 14.1. The molecule has 0 spiro atoms. The van der Waals surface area contributed by atoms with Crippen LogP contribution in [0.5, 0.6) is 5.75 Å². The molecule has 2 aromatic carbocycles. The van der Waals surface area contributed by atoms with Crippen molar-refractivity contribution in [3.63, 3.8) is 0 Å². The summed E-state index contributed by atoms with van der Waals surface area (Å²) in [5.41, 5.74) is -1.36. The molecule has 0 saturated heterocycles. The van der Waals surface area contributed by atoms with Crippen molar-refractivity contribution >= 4 is 23.7 Å². The minimum atomic E-state index is -2.35. The number of alkyl carbamates (subject to hydrolysis) is 1. The Bertz CT molecular complexity index is 1110. The van der Waals surface area contributed by atoms with E-state index in [-0.39, 0.29) is 24.7 Å². The third-order valence-corrected chi connectivity index (χ3v) is 6.42. The first-order valence-corrected chi connectivity index (χ1v) is 13.3. The molecule has 0 bridgehead atoms. The molecule has 0 aliphatic carbocycles. The Hall–Kier alpha value is -3.13. The van der Waals surface area contributed by atoms with Gasteiger partial charge in [0.1, 0.15) is 17.4 Å². The molecule has 0 aromatic heterocycles. The Balaban J connectivity index is 2.74. The van der Waals surface area contributed by atoms with Gasteiger partial charge in [-0.3, -0.25) is 10.1 Å². The lowest BCUT2D eigenvalue weighted by Crippen LogP contribution is -2.58. The van der Waals surface area contributed by atoms with Gasteiger partial charge in [-0.05, 0) is 67.9 Å². The fourth-order valence-corrected chi connectivity index (χ4v) is 4.48. The number of nitro groups is 1. The quantitative estimate of drug-likeness (QED) is 0.142. The summed E-state index contributed by atoms with van der Waals surface area (Å²) in [5.74, 6) is -0.744. The Kier molecular flexibility index (Phi) is 10.3. The highest BCUT2D eigenvalue weighted by Gasteiger charge is 2.60. The Morgan fingerprint density at radius 2 is 1.53 bits per heavy atom. The predicted molar refractivity (Wildman–Crippen MR) is 148 cm³/mol. The topological polar surface area (TPSA) is 108 Å². The number of halogens is 1. The van der Waals surface area contributed by atoms with Gasteiger partial charge in [0.25, 0.3) is 0 Å². The number of carbonyl (C=O) groups excluding carboxylic acids is 2. The zero-order valence-corrected chi connectivity index (χ0v) is 24.2. The summed E-state index contributed by atoms with van der Waals surface area (Å²) in [6.07, 6.45) is -0.806. The molecular formula is C29H39ClN2O6. The summed E-state index contributed by atoms with van der Waals surface area (Å²) >= 11 is 6.07. The van der Waals surface area contributed by atoms with Crippen molar-refractivity contribution in [3.05, 3.63) is 74.3 Å². The monoisotopic (exact) mass is 546 g/mol. The van der Waals surface area contributed by atoms with Crippen LogP contribution >= 0.6 is 11.6 Å². The lowest BCUT2D eigenvalue weighted by atomic mass is 9.81. The van der Waals surface area contributed by atoms with Crippen LogP contribution in [0.4, 0.5) is 4.79 Å². The normalized spacial score (nSPS) is 14.1. The molecule has 2 atom stereocenters. The number of rotatable bonds is 10. The fourth-order valence-electron chi connectivity index (χ4n) is 4.36. The van der Waals surface area contributed by atoms with Crippen LogP contribution in [-0.4, -0.2) is 28.1 Å². The van der Waals surface area contributed by atoms with E-state index >= 15 is 0 Å². The van der Waals surface area contributed by atoms with Crippen LogP contribution in [0.3, 0.4) is 0 Å². The van der Waals surface area contributed by atoms with Crippen molar-refractivity contribution in [2.24, 2.45) is 0 Å². The molecule has 0 saturated carbocycles. The number of hydrogen-bond donors (Lipinski definition) is 1. The summed E-state index contributed by atoms with van der Waals surface area (Å²) < 4.78 is 11.4. The highest BCUT2D eigenvalue weighted by molar-refractivity contribution is 6.30. The molecule has 1 unspecified atom stereocenters. The van der Waals surface area contributed by atoms with Gasteiger partial charge in [-0.25, -0.2) is 9.59 Å². The van der Waals surface area contributed by atoms with Crippen molar-refractivity contribution in [2.75, 3.05) is 0 Å². The summed E-state index contributed by atoms with van der Waals surface area (Å²) in [6, 6.07) is 10.4. The second kappa shape index (κ2) is 12.6. The lowest BCUT2D eigenvalue weighted by molar-refractivity contribution is -0.561. The van der Waals surface area contributed by atoms with E-state index in [1.807, 2.05) is 45.9 Å². The van der Waals surface area contributed by atoms with E-state index in [2.05, 4.69) is 5.32 Å². The molecule has 1 amide bonds. The van der Waals surface area contributed by atoms with E-state index in [4.69, 9.17) is 21.1 Å². The van der Waals surface area contributed by atoms with Crippen molar-refractivity contribution in [1.82, 2.24) is 5.32 Å². The van der Waals surface area contributed by atoms with Crippen LogP contribution in [0.15, 0.2) is 42.5 Å². The van der Waals surface area contributed by atoms with Crippen molar-refractivity contribution in [1.29, 1.82) is 0 Å². The summed E-state index contributed by atoms with van der Waals surface area (Å²) in [5, 5.41) is 15.9. The van der Waals surface area contributed by atoms with Crippen LogP contribution in [0.25, 0.3) is 0 Å². The van der Waals surface area contributed by atoms with Crippen LogP contribution in [0.1, 0.15) is 103 Å². The molecular weight excluding hydrogens is 508 g/mol. The molecule has 0 fully saturated rings.